The van der Waals surface area contributed by atoms with E-state index in [2.05, 4.69) is 57.2 Å². The van der Waals surface area contributed by atoms with Gasteiger partial charge in [-0.3, -0.25) is 4.98 Å². The Hall–Kier alpha value is -1.63. The number of hydrogen-bond acceptors (Lipinski definition) is 1. The van der Waals surface area contributed by atoms with Crippen LogP contribution in [0.15, 0.2) is 36.4 Å². The molecule has 0 aliphatic carbocycles. The number of aromatic nitrogens is 1. The molecular weight excluding hydrogens is 206 g/mol. The Labute approximate surface area is 104 Å². The van der Waals surface area contributed by atoms with Crippen LogP contribution in [0.5, 0.6) is 0 Å². The third-order valence-corrected chi connectivity index (χ3v) is 3.15. The number of rotatable bonds is 3. The van der Waals surface area contributed by atoms with Gasteiger partial charge in [0.2, 0.25) is 0 Å². The largest absolute Gasteiger partial charge is 0.253 e. The first-order valence-electron chi connectivity index (χ1n) is 6.31. The molecule has 0 aliphatic rings. The van der Waals surface area contributed by atoms with Gasteiger partial charge >= 0.3 is 0 Å². The Kier molecular flexibility index (Phi) is 3.58. The van der Waals surface area contributed by atoms with E-state index in [1.807, 2.05) is 0 Å². The van der Waals surface area contributed by atoms with Gasteiger partial charge < -0.3 is 0 Å². The summed E-state index contributed by atoms with van der Waals surface area (Å²) in [5.74, 6) is 0. The van der Waals surface area contributed by atoms with E-state index in [9.17, 15) is 0 Å². The van der Waals surface area contributed by atoms with Crippen LogP contribution in [0.4, 0.5) is 0 Å². The van der Waals surface area contributed by atoms with Gasteiger partial charge in [0.05, 0.1) is 5.69 Å². The van der Waals surface area contributed by atoms with Gasteiger partial charge in [-0.05, 0) is 37.0 Å². The molecule has 0 saturated carbocycles. The van der Waals surface area contributed by atoms with Crippen molar-refractivity contribution >= 4 is 0 Å². The molecule has 88 valence electrons. The zero-order valence-corrected chi connectivity index (χ0v) is 10.8. The zero-order chi connectivity index (χ0) is 12.3. The first-order valence-corrected chi connectivity index (χ1v) is 6.31. The normalized spacial score (nSPS) is 10.5. The van der Waals surface area contributed by atoms with E-state index in [4.69, 9.17) is 4.98 Å². The van der Waals surface area contributed by atoms with E-state index in [1.54, 1.807) is 0 Å². The van der Waals surface area contributed by atoms with Crippen LogP contribution in [-0.2, 0) is 12.8 Å². The molecule has 0 spiro atoms. The van der Waals surface area contributed by atoms with E-state index in [0.29, 0.717) is 0 Å². The molecule has 17 heavy (non-hydrogen) atoms. The van der Waals surface area contributed by atoms with Crippen LogP contribution >= 0.6 is 0 Å². The molecule has 0 radical (unpaired) electrons. The fourth-order valence-electron chi connectivity index (χ4n) is 2.16. The number of pyridine rings is 1. The monoisotopic (exact) mass is 225 g/mol. The third kappa shape index (κ3) is 2.38. The Balaban J connectivity index is 2.62. The standard InChI is InChI=1S/C16H19N/c1-4-13-8-6-7-9-15(13)16-14(5-2)11-10-12(3)17-16/h6-11H,4-5H2,1-3H3. The average molecular weight is 225 g/mol. The van der Waals surface area contributed by atoms with Crippen LogP contribution in [0.3, 0.4) is 0 Å². The lowest BCUT2D eigenvalue weighted by atomic mass is 9.97. The third-order valence-electron chi connectivity index (χ3n) is 3.15. The Morgan fingerprint density at radius 3 is 2.29 bits per heavy atom. The van der Waals surface area contributed by atoms with E-state index < -0.39 is 0 Å². The summed E-state index contributed by atoms with van der Waals surface area (Å²) in [6.45, 7) is 6.43. The van der Waals surface area contributed by atoms with Gasteiger partial charge in [0.1, 0.15) is 0 Å². The fraction of sp³-hybridized carbons (Fsp3) is 0.312. The van der Waals surface area contributed by atoms with E-state index in [1.165, 1.54) is 16.7 Å². The molecule has 1 nitrogen and oxygen atoms in total. The molecule has 0 atom stereocenters. The number of nitrogens with zero attached hydrogens (tertiary/aromatic N) is 1. The molecule has 0 amide bonds. The van der Waals surface area contributed by atoms with Crippen LogP contribution < -0.4 is 0 Å². The number of benzene rings is 1. The maximum Gasteiger partial charge on any atom is 0.0739 e. The average Bonchev–Trinajstić information content (AvgIpc) is 2.38. The molecule has 1 heterocycles. The molecule has 1 aromatic carbocycles. The molecule has 1 aromatic heterocycles. The first-order chi connectivity index (χ1) is 8.26. The predicted molar refractivity (Wildman–Crippen MR) is 73.2 cm³/mol. The smallest absolute Gasteiger partial charge is 0.0739 e. The van der Waals surface area contributed by atoms with Crippen LogP contribution in [0.2, 0.25) is 0 Å². The lowest BCUT2D eigenvalue weighted by Gasteiger charge is -2.11. The highest BCUT2D eigenvalue weighted by Gasteiger charge is 2.09. The SMILES string of the molecule is CCc1ccccc1-c1nc(C)ccc1CC. The summed E-state index contributed by atoms with van der Waals surface area (Å²) in [5, 5.41) is 0. The molecule has 0 unspecified atom stereocenters. The lowest BCUT2D eigenvalue weighted by Crippen LogP contribution is -1.96. The van der Waals surface area contributed by atoms with Gasteiger partial charge in [0.15, 0.2) is 0 Å². The van der Waals surface area contributed by atoms with Gasteiger partial charge in [-0.1, -0.05) is 44.2 Å². The molecule has 2 aromatic rings. The maximum atomic E-state index is 4.72. The van der Waals surface area contributed by atoms with Crippen LogP contribution in [0.25, 0.3) is 11.3 Å². The van der Waals surface area contributed by atoms with Gasteiger partial charge in [0.25, 0.3) is 0 Å². The fourth-order valence-corrected chi connectivity index (χ4v) is 2.16. The van der Waals surface area contributed by atoms with E-state index >= 15 is 0 Å². The Morgan fingerprint density at radius 1 is 0.882 bits per heavy atom. The predicted octanol–water partition coefficient (Wildman–Crippen LogP) is 4.18. The lowest BCUT2D eigenvalue weighted by molar-refractivity contribution is 1.07. The Bertz CT molecular complexity index is 515. The number of aryl methyl sites for hydroxylation is 3. The Morgan fingerprint density at radius 2 is 1.59 bits per heavy atom. The van der Waals surface area contributed by atoms with Gasteiger partial charge in [-0.25, -0.2) is 0 Å². The minimum atomic E-state index is 1.03. The highest BCUT2D eigenvalue weighted by molar-refractivity contribution is 5.67. The van der Waals surface area contributed by atoms with Gasteiger partial charge in [-0.15, -0.1) is 0 Å². The van der Waals surface area contributed by atoms with Gasteiger partial charge in [0, 0.05) is 11.3 Å². The molecule has 1 heteroatoms. The summed E-state index contributed by atoms with van der Waals surface area (Å²) in [4.78, 5) is 4.72. The second-order valence-electron chi connectivity index (χ2n) is 4.32. The summed E-state index contributed by atoms with van der Waals surface area (Å²) < 4.78 is 0. The van der Waals surface area contributed by atoms with Gasteiger partial charge in [-0.2, -0.15) is 0 Å². The van der Waals surface area contributed by atoms with Crippen molar-refractivity contribution in [2.75, 3.05) is 0 Å². The van der Waals surface area contributed by atoms with Crippen molar-refractivity contribution in [2.24, 2.45) is 0 Å². The van der Waals surface area contributed by atoms with Crippen molar-refractivity contribution in [1.29, 1.82) is 0 Å². The summed E-state index contributed by atoms with van der Waals surface area (Å²) in [7, 11) is 0. The van der Waals surface area contributed by atoms with Crippen molar-refractivity contribution < 1.29 is 0 Å². The second-order valence-corrected chi connectivity index (χ2v) is 4.32. The zero-order valence-electron chi connectivity index (χ0n) is 10.8. The number of hydrogen-bond donors (Lipinski definition) is 0. The van der Waals surface area contributed by atoms with Crippen LogP contribution in [0, 0.1) is 6.92 Å². The van der Waals surface area contributed by atoms with E-state index in [0.717, 1.165) is 24.2 Å². The molecule has 0 saturated heterocycles. The molecule has 0 bridgehead atoms. The topological polar surface area (TPSA) is 12.9 Å². The summed E-state index contributed by atoms with van der Waals surface area (Å²) in [5.41, 5.74) is 6.24. The van der Waals surface area contributed by atoms with Crippen LogP contribution in [0.1, 0.15) is 30.7 Å². The second kappa shape index (κ2) is 5.13. The summed E-state index contributed by atoms with van der Waals surface area (Å²) >= 11 is 0. The van der Waals surface area contributed by atoms with Crippen molar-refractivity contribution in [1.82, 2.24) is 4.98 Å². The van der Waals surface area contributed by atoms with E-state index in [-0.39, 0.29) is 0 Å². The summed E-state index contributed by atoms with van der Waals surface area (Å²) in [6, 6.07) is 12.9. The van der Waals surface area contributed by atoms with Crippen molar-refractivity contribution in [3.05, 3.63) is 53.2 Å². The molecule has 0 fully saturated rings. The van der Waals surface area contributed by atoms with Crippen LogP contribution in [-0.4, -0.2) is 4.98 Å². The quantitative estimate of drug-likeness (QED) is 0.763. The maximum absolute atomic E-state index is 4.72. The molecular formula is C16H19N. The van der Waals surface area contributed by atoms with Crippen molar-refractivity contribution in [3.8, 4) is 11.3 Å². The molecule has 2 rings (SSSR count). The minimum Gasteiger partial charge on any atom is -0.253 e. The minimum absolute atomic E-state index is 1.03. The van der Waals surface area contributed by atoms with Crippen molar-refractivity contribution in [3.63, 3.8) is 0 Å². The molecule has 0 aliphatic heterocycles. The molecule has 0 N–H and O–H groups in total. The van der Waals surface area contributed by atoms with Crippen molar-refractivity contribution in [2.45, 2.75) is 33.6 Å². The summed E-state index contributed by atoms with van der Waals surface area (Å²) in [6.07, 6.45) is 2.08. The highest BCUT2D eigenvalue weighted by Crippen LogP contribution is 2.26. The highest BCUT2D eigenvalue weighted by atomic mass is 14.7. The first kappa shape index (κ1) is 11.8.